The Balaban J connectivity index is 2.48. The first-order chi connectivity index (χ1) is 7.69. The van der Waals surface area contributed by atoms with E-state index in [9.17, 15) is 10.2 Å². The molecule has 1 rings (SSSR count). The lowest BCUT2D eigenvalue weighted by atomic mass is 10.1. The summed E-state index contributed by atoms with van der Waals surface area (Å²) in [5.41, 5.74) is 0.463. The molecule has 5 N–H and O–H groups in total. The van der Waals surface area contributed by atoms with Crippen LogP contribution >= 0.6 is 0 Å². The Morgan fingerprint density at radius 2 is 1.62 bits per heavy atom. The van der Waals surface area contributed by atoms with E-state index in [1.807, 2.05) is 0 Å². The topological polar surface area (TPSA) is 93.0 Å². The van der Waals surface area contributed by atoms with Crippen LogP contribution in [-0.4, -0.2) is 46.2 Å². The second-order valence-corrected chi connectivity index (χ2v) is 3.54. The fourth-order valence-corrected chi connectivity index (χ4v) is 1.41. The molecule has 0 radical (unpaired) electrons. The van der Waals surface area contributed by atoms with Crippen molar-refractivity contribution in [3.8, 4) is 11.5 Å². The second-order valence-electron chi connectivity index (χ2n) is 3.54. The lowest BCUT2D eigenvalue weighted by Gasteiger charge is -2.13. The van der Waals surface area contributed by atoms with Crippen molar-refractivity contribution in [1.82, 2.24) is 5.32 Å². The van der Waals surface area contributed by atoms with E-state index in [-0.39, 0.29) is 30.8 Å². The number of benzene rings is 1. The molecule has 0 aliphatic rings. The van der Waals surface area contributed by atoms with Crippen LogP contribution < -0.4 is 5.32 Å². The molecule has 5 nitrogen and oxygen atoms in total. The van der Waals surface area contributed by atoms with Gasteiger partial charge >= 0.3 is 0 Å². The number of aromatic hydroxyl groups is 2. The largest absolute Gasteiger partial charge is 0.508 e. The van der Waals surface area contributed by atoms with Gasteiger partial charge in [-0.3, -0.25) is 0 Å². The molecule has 1 aromatic carbocycles. The Labute approximate surface area is 94.0 Å². The molecule has 0 saturated carbocycles. The van der Waals surface area contributed by atoms with Crippen molar-refractivity contribution >= 4 is 0 Å². The summed E-state index contributed by atoms with van der Waals surface area (Å²) in [6.07, 6.45) is 0.426. The van der Waals surface area contributed by atoms with Gasteiger partial charge in [0.25, 0.3) is 0 Å². The van der Waals surface area contributed by atoms with Gasteiger partial charge in [0.15, 0.2) is 0 Å². The molecular formula is C11H17NO4. The summed E-state index contributed by atoms with van der Waals surface area (Å²) in [5, 5.41) is 39.5. The third-order valence-electron chi connectivity index (χ3n) is 2.38. The highest BCUT2D eigenvalue weighted by atomic mass is 16.3. The predicted molar refractivity (Wildman–Crippen MR) is 59.4 cm³/mol. The van der Waals surface area contributed by atoms with Crippen LogP contribution in [0.4, 0.5) is 0 Å². The van der Waals surface area contributed by atoms with Gasteiger partial charge in [0.1, 0.15) is 11.5 Å². The number of aliphatic hydroxyl groups excluding tert-OH is 2. The van der Waals surface area contributed by atoms with E-state index < -0.39 is 0 Å². The summed E-state index contributed by atoms with van der Waals surface area (Å²) < 4.78 is 0. The molecule has 0 aliphatic heterocycles. The molecule has 1 aromatic rings. The molecule has 0 unspecified atom stereocenters. The van der Waals surface area contributed by atoms with Crippen molar-refractivity contribution in [3.63, 3.8) is 0 Å². The summed E-state index contributed by atoms with van der Waals surface area (Å²) in [4.78, 5) is 0. The van der Waals surface area contributed by atoms with E-state index in [1.165, 1.54) is 12.1 Å². The highest BCUT2D eigenvalue weighted by molar-refractivity contribution is 5.43. The van der Waals surface area contributed by atoms with E-state index in [4.69, 9.17) is 10.2 Å². The summed E-state index contributed by atoms with van der Waals surface area (Å²) in [7, 11) is 0. The molecule has 90 valence electrons. The maximum Gasteiger partial charge on any atom is 0.122 e. The van der Waals surface area contributed by atoms with E-state index in [0.717, 1.165) is 0 Å². The van der Waals surface area contributed by atoms with Gasteiger partial charge in [-0.1, -0.05) is 6.07 Å². The van der Waals surface area contributed by atoms with Crippen molar-refractivity contribution in [1.29, 1.82) is 0 Å². The van der Waals surface area contributed by atoms with Crippen LogP contribution in [0.3, 0.4) is 0 Å². The van der Waals surface area contributed by atoms with Gasteiger partial charge < -0.3 is 25.7 Å². The number of nitrogens with one attached hydrogen (secondary N) is 1. The van der Waals surface area contributed by atoms with Gasteiger partial charge in [0.2, 0.25) is 0 Å². The molecule has 5 heteroatoms. The Morgan fingerprint density at radius 3 is 2.12 bits per heavy atom. The monoisotopic (exact) mass is 227 g/mol. The molecule has 0 amide bonds. The normalized spacial score (nSPS) is 10.9. The third-order valence-corrected chi connectivity index (χ3v) is 2.38. The van der Waals surface area contributed by atoms with Gasteiger partial charge in [-0.2, -0.15) is 0 Å². The smallest absolute Gasteiger partial charge is 0.122 e. The van der Waals surface area contributed by atoms with Crippen LogP contribution in [-0.2, 0) is 6.42 Å². The Hall–Kier alpha value is -1.30. The molecule has 0 heterocycles. The molecule has 16 heavy (non-hydrogen) atoms. The Bertz CT molecular complexity index is 306. The maximum atomic E-state index is 9.48. The van der Waals surface area contributed by atoms with Gasteiger partial charge in [0, 0.05) is 5.56 Å². The van der Waals surface area contributed by atoms with E-state index in [2.05, 4.69) is 5.32 Å². The summed E-state index contributed by atoms with van der Waals surface area (Å²) in [6.45, 7) is 0.156. The quantitative estimate of drug-likeness (QED) is 0.455. The SMILES string of the molecule is OCC(CO)NCCc1c(O)cccc1O. The average Bonchev–Trinajstić information content (AvgIpc) is 2.28. The van der Waals surface area contributed by atoms with Gasteiger partial charge in [-0.25, -0.2) is 0 Å². The number of hydrogen-bond acceptors (Lipinski definition) is 5. The zero-order valence-electron chi connectivity index (χ0n) is 8.93. The maximum absolute atomic E-state index is 9.48. The number of aliphatic hydroxyl groups is 2. The summed E-state index contributed by atoms with van der Waals surface area (Å²) in [6, 6.07) is 4.20. The van der Waals surface area contributed by atoms with Crippen LogP contribution in [0.5, 0.6) is 11.5 Å². The van der Waals surface area contributed by atoms with E-state index in [1.54, 1.807) is 6.07 Å². The molecular weight excluding hydrogens is 210 g/mol. The number of rotatable bonds is 6. The van der Waals surface area contributed by atoms with Crippen LogP contribution in [0.1, 0.15) is 5.56 Å². The fraction of sp³-hybridized carbons (Fsp3) is 0.455. The van der Waals surface area contributed by atoms with Crippen LogP contribution in [0.15, 0.2) is 18.2 Å². The highest BCUT2D eigenvalue weighted by Crippen LogP contribution is 2.26. The zero-order chi connectivity index (χ0) is 12.0. The van der Waals surface area contributed by atoms with Gasteiger partial charge in [0.05, 0.1) is 19.3 Å². The molecule has 0 fully saturated rings. The first-order valence-corrected chi connectivity index (χ1v) is 5.14. The van der Waals surface area contributed by atoms with E-state index >= 15 is 0 Å². The number of hydrogen-bond donors (Lipinski definition) is 5. The Kier molecular flexibility index (Phi) is 5.04. The molecule has 0 bridgehead atoms. The number of phenols is 2. The zero-order valence-corrected chi connectivity index (χ0v) is 8.93. The molecule has 0 atom stereocenters. The lowest BCUT2D eigenvalue weighted by Crippen LogP contribution is -2.36. The van der Waals surface area contributed by atoms with Crippen LogP contribution in [0, 0.1) is 0 Å². The Morgan fingerprint density at radius 1 is 1.06 bits per heavy atom. The minimum absolute atomic E-state index is 0.0475. The van der Waals surface area contributed by atoms with Crippen molar-refractivity contribution in [2.24, 2.45) is 0 Å². The van der Waals surface area contributed by atoms with E-state index in [0.29, 0.717) is 18.5 Å². The van der Waals surface area contributed by atoms with Gasteiger partial charge in [-0.05, 0) is 25.1 Å². The van der Waals surface area contributed by atoms with Crippen molar-refractivity contribution < 1.29 is 20.4 Å². The summed E-state index contributed by atoms with van der Waals surface area (Å²) in [5.74, 6) is 0.0951. The fourth-order valence-electron chi connectivity index (χ4n) is 1.41. The molecule has 0 aliphatic carbocycles. The van der Waals surface area contributed by atoms with Crippen molar-refractivity contribution in [2.75, 3.05) is 19.8 Å². The molecule has 0 aromatic heterocycles. The minimum Gasteiger partial charge on any atom is -0.508 e. The van der Waals surface area contributed by atoms with Crippen LogP contribution in [0.2, 0.25) is 0 Å². The van der Waals surface area contributed by atoms with Crippen molar-refractivity contribution in [2.45, 2.75) is 12.5 Å². The lowest BCUT2D eigenvalue weighted by molar-refractivity contribution is 0.171. The van der Waals surface area contributed by atoms with Crippen LogP contribution in [0.25, 0.3) is 0 Å². The standard InChI is InChI=1S/C11H17NO4/c13-6-8(7-14)12-5-4-9-10(15)2-1-3-11(9)16/h1-3,8,12-16H,4-7H2. The third kappa shape index (κ3) is 3.37. The molecule has 0 saturated heterocycles. The summed E-state index contributed by atoms with van der Waals surface area (Å²) >= 11 is 0. The van der Waals surface area contributed by atoms with Crippen molar-refractivity contribution in [3.05, 3.63) is 23.8 Å². The number of phenolic OH excluding ortho intramolecular Hbond substituents is 2. The highest BCUT2D eigenvalue weighted by Gasteiger charge is 2.08. The minimum atomic E-state index is -0.368. The molecule has 0 spiro atoms. The first kappa shape index (κ1) is 12.8. The average molecular weight is 227 g/mol. The van der Waals surface area contributed by atoms with Gasteiger partial charge in [-0.15, -0.1) is 0 Å². The first-order valence-electron chi connectivity index (χ1n) is 5.14. The second kappa shape index (κ2) is 6.32. The predicted octanol–water partition coefficient (Wildman–Crippen LogP) is -0.417.